The summed E-state index contributed by atoms with van der Waals surface area (Å²) in [5, 5.41) is 2.31. The van der Waals surface area contributed by atoms with Crippen molar-refractivity contribution in [3.05, 3.63) is 74.0 Å². The van der Waals surface area contributed by atoms with Gasteiger partial charge in [-0.15, -0.1) is 11.3 Å². The van der Waals surface area contributed by atoms with Crippen LogP contribution < -0.4 is 17.0 Å². The third-order valence-corrected chi connectivity index (χ3v) is 7.56. The van der Waals surface area contributed by atoms with E-state index in [1.165, 1.54) is 22.1 Å². The predicted molar refractivity (Wildman–Crippen MR) is 118 cm³/mol. The van der Waals surface area contributed by atoms with Crippen LogP contribution in [-0.4, -0.2) is 44.6 Å². The number of likely N-dealkylation sites (tertiary alicyclic amines) is 1. The summed E-state index contributed by atoms with van der Waals surface area (Å²) in [6, 6.07) is 5.32. The van der Waals surface area contributed by atoms with E-state index in [2.05, 4.69) is 14.9 Å². The van der Waals surface area contributed by atoms with Gasteiger partial charge in [-0.2, -0.15) is 13.2 Å². The molecule has 2 fully saturated rings. The lowest BCUT2D eigenvalue weighted by Gasteiger charge is -2.21. The Morgan fingerprint density at radius 3 is 2.58 bits per heavy atom. The number of nitrogens with two attached hydrogens (primary N) is 1. The zero-order chi connectivity index (χ0) is 23.4. The first-order chi connectivity index (χ1) is 15.6. The molecule has 1 aliphatic heterocycles. The minimum atomic E-state index is -4.36. The van der Waals surface area contributed by atoms with Crippen molar-refractivity contribution in [3.63, 3.8) is 0 Å². The van der Waals surface area contributed by atoms with Gasteiger partial charge in [0.1, 0.15) is 5.01 Å². The minimum absolute atomic E-state index is 0.329. The molecule has 11 heteroatoms. The van der Waals surface area contributed by atoms with Crippen LogP contribution in [0.2, 0.25) is 0 Å². The molecule has 0 spiro atoms. The fourth-order valence-electron chi connectivity index (χ4n) is 5.02. The predicted octanol–water partition coefficient (Wildman–Crippen LogP) is 2.42. The SMILES string of the molecule is N[C@]12CN(CCCn3cc(-c4nccs4)c(=O)[nH]c3=O)C[C@@]1(c1ccc(C(F)(F)F)cc1)C2. The Hall–Kier alpha value is -2.76. The van der Waals surface area contributed by atoms with E-state index in [-0.39, 0.29) is 5.41 Å². The first-order valence-electron chi connectivity index (χ1n) is 10.5. The van der Waals surface area contributed by atoms with E-state index in [0.717, 1.165) is 24.1 Å². The molecule has 3 N–H and O–H groups in total. The highest BCUT2D eigenvalue weighted by Gasteiger charge is 2.70. The van der Waals surface area contributed by atoms with Gasteiger partial charge >= 0.3 is 11.9 Å². The van der Waals surface area contributed by atoms with Crippen molar-refractivity contribution in [1.29, 1.82) is 0 Å². The summed E-state index contributed by atoms with van der Waals surface area (Å²) in [7, 11) is 0. The molecule has 0 amide bonds. The number of piperidine rings is 1. The Morgan fingerprint density at radius 1 is 1.15 bits per heavy atom. The average molecular weight is 478 g/mol. The van der Waals surface area contributed by atoms with E-state index in [4.69, 9.17) is 5.73 Å². The summed E-state index contributed by atoms with van der Waals surface area (Å²) in [5.74, 6) is 0. The largest absolute Gasteiger partial charge is 0.416 e. The third-order valence-electron chi connectivity index (χ3n) is 6.76. The summed E-state index contributed by atoms with van der Waals surface area (Å²) < 4.78 is 40.2. The molecular weight excluding hydrogens is 455 g/mol. The summed E-state index contributed by atoms with van der Waals surface area (Å²) in [6.45, 7) is 2.41. The second-order valence-corrected chi connectivity index (χ2v) is 9.78. The Labute approximate surface area is 190 Å². The van der Waals surface area contributed by atoms with Gasteiger partial charge in [-0.05, 0) is 37.1 Å². The van der Waals surface area contributed by atoms with Crippen LogP contribution in [0.5, 0.6) is 0 Å². The monoisotopic (exact) mass is 477 g/mol. The zero-order valence-corrected chi connectivity index (χ0v) is 18.4. The van der Waals surface area contributed by atoms with Gasteiger partial charge in [0, 0.05) is 48.4 Å². The van der Waals surface area contributed by atoms with Crippen LogP contribution in [0.15, 0.2) is 51.6 Å². The number of alkyl halides is 3. The Kier molecular flexibility index (Phi) is 5.11. The number of benzene rings is 1. The molecule has 174 valence electrons. The first kappa shape index (κ1) is 22.1. The molecule has 1 saturated carbocycles. The van der Waals surface area contributed by atoms with Gasteiger partial charge in [-0.25, -0.2) is 9.78 Å². The molecule has 3 aromatic rings. The van der Waals surface area contributed by atoms with Gasteiger partial charge < -0.3 is 10.6 Å². The van der Waals surface area contributed by atoms with Crippen LogP contribution in [0, 0.1) is 0 Å². The van der Waals surface area contributed by atoms with E-state index < -0.39 is 28.5 Å². The first-order valence-corrected chi connectivity index (χ1v) is 11.4. The van der Waals surface area contributed by atoms with Gasteiger partial charge in [-0.1, -0.05) is 12.1 Å². The van der Waals surface area contributed by atoms with Crippen molar-refractivity contribution in [2.45, 2.75) is 36.5 Å². The Morgan fingerprint density at radius 2 is 1.91 bits per heavy atom. The maximum atomic E-state index is 12.9. The van der Waals surface area contributed by atoms with Crippen molar-refractivity contribution < 1.29 is 13.2 Å². The summed E-state index contributed by atoms with van der Waals surface area (Å²) in [6.07, 6.45) is 0.180. The molecule has 0 unspecified atom stereocenters. The number of hydrogen-bond acceptors (Lipinski definition) is 6. The average Bonchev–Trinajstić information content (AvgIpc) is 3.10. The highest BCUT2D eigenvalue weighted by atomic mass is 32.1. The van der Waals surface area contributed by atoms with E-state index in [1.54, 1.807) is 23.7 Å². The number of H-pyrrole nitrogens is 1. The lowest BCUT2D eigenvalue weighted by molar-refractivity contribution is -0.137. The number of fused-ring (bicyclic) bond motifs is 1. The van der Waals surface area contributed by atoms with E-state index >= 15 is 0 Å². The van der Waals surface area contributed by atoms with Gasteiger partial charge in [-0.3, -0.25) is 14.3 Å². The molecular formula is C22H22F3N5O2S. The van der Waals surface area contributed by atoms with Gasteiger partial charge in [0.15, 0.2) is 0 Å². The number of aryl methyl sites for hydroxylation is 1. The Balaban J connectivity index is 1.24. The van der Waals surface area contributed by atoms with Gasteiger partial charge in [0.25, 0.3) is 5.56 Å². The number of aromatic amines is 1. The maximum absolute atomic E-state index is 12.9. The molecule has 3 heterocycles. The highest BCUT2D eigenvalue weighted by molar-refractivity contribution is 7.13. The number of halogens is 3. The maximum Gasteiger partial charge on any atom is 0.416 e. The van der Waals surface area contributed by atoms with Crippen LogP contribution in [0.25, 0.3) is 10.6 Å². The van der Waals surface area contributed by atoms with Crippen molar-refractivity contribution in [2.75, 3.05) is 19.6 Å². The van der Waals surface area contributed by atoms with Crippen LogP contribution in [0.1, 0.15) is 24.0 Å². The van der Waals surface area contributed by atoms with Crippen molar-refractivity contribution in [2.24, 2.45) is 5.73 Å². The zero-order valence-electron chi connectivity index (χ0n) is 17.6. The van der Waals surface area contributed by atoms with Gasteiger partial charge in [0.2, 0.25) is 0 Å². The van der Waals surface area contributed by atoms with Crippen LogP contribution in [-0.2, 0) is 18.1 Å². The topological polar surface area (TPSA) is 97.0 Å². The summed E-state index contributed by atoms with van der Waals surface area (Å²) in [4.78, 5) is 33.0. The summed E-state index contributed by atoms with van der Waals surface area (Å²) >= 11 is 1.32. The standard InChI is InChI=1S/C22H22F3N5O2S/c23-22(24,25)15-4-2-14(3-5-15)20-11-21(20,26)13-29(12-20)7-1-8-30-10-16(17(31)28-19(30)32)18-27-6-9-33-18/h2-6,9-10H,1,7-8,11-13,26H2,(H,28,31,32)/t20-,21-/m1/s1. The number of hydrogen-bond donors (Lipinski definition) is 2. The number of thiazole rings is 1. The molecule has 2 atom stereocenters. The normalized spacial score (nSPS) is 24.7. The van der Waals surface area contributed by atoms with Crippen molar-refractivity contribution in [3.8, 4) is 10.6 Å². The number of nitrogens with zero attached hydrogens (tertiary/aromatic N) is 3. The fraction of sp³-hybridized carbons (Fsp3) is 0.409. The summed E-state index contributed by atoms with van der Waals surface area (Å²) in [5.41, 5.74) is 5.39. The lowest BCUT2D eigenvalue weighted by atomic mass is 9.92. The van der Waals surface area contributed by atoms with Crippen molar-refractivity contribution >= 4 is 11.3 Å². The molecule has 1 aliphatic carbocycles. The number of nitrogens with one attached hydrogen (secondary N) is 1. The van der Waals surface area contributed by atoms with E-state index in [1.807, 2.05) is 0 Å². The molecule has 5 rings (SSSR count). The molecule has 1 aromatic carbocycles. The molecule has 7 nitrogen and oxygen atoms in total. The molecule has 2 aliphatic rings. The molecule has 1 saturated heterocycles. The van der Waals surface area contributed by atoms with Crippen LogP contribution in [0.4, 0.5) is 13.2 Å². The fourth-order valence-corrected chi connectivity index (χ4v) is 5.66. The smallest absolute Gasteiger partial charge is 0.323 e. The second-order valence-electron chi connectivity index (χ2n) is 8.89. The van der Waals surface area contributed by atoms with Crippen LogP contribution in [0.3, 0.4) is 0 Å². The quantitative estimate of drug-likeness (QED) is 0.569. The van der Waals surface area contributed by atoms with Crippen LogP contribution >= 0.6 is 11.3 Å². The molecule has 0 radical (unpaired) electrons. The highest BCUT2D eigenvalue weighted by Crippen LogP contribution is 2.60. The van der Waals surface area contributed by atoms with E-state index in [9.17, 15) is 22.8 Å². The number of aromatic nitrogens is 3. The molecule has 33 heavy (non-hydrogen) atoms. The lowest BCUT2D eigenvalue weighted by Crippen LogP contribution is -2.35. The Bertz CT molecular complexity index is 1290. The second kappa shape index (κ2) is 7.64. The van der Waals surface area contributed by atoms with E-state index in [0.29, 0.717) is 43.2 Å². The third kappa shape index (κ3) is 3.83. The molecule has 0 bridgehead atoms. The van der Waals surface area contributed by atoms with Crippen molar-refractivity contribution in [1.82, 2.24) is 19.4 Å². The minimum Gasteiger partial charge on any atom is -0.323 e. The van der Waals surface area contributed by atoms with Gasteiger partial charge in [0.05, 0.1) is 11.1 Å². The molecule has 2 aromatic heterocycles. The number of rotatable bonds is 6.